The molecule has 9 nitrogen and oxygen atoms in total. The van der Waals surface area contributed by atoms with Crippen LogP contribution in [0.1, 0.15) is 24.2 Å². The molecule has 0 saturated carbocycles. The highest BCUT2D eigenvalue weighted by molar-refractivity contribution is 5.96. The largest absolute Gasteiger partial charge is 0.490 e. The average molecular weight is 406 g/mol. The summed E-state index contributed by atoms with van der Waals surface area (Å²) in [4.78, 5) is 34.1. The van der Waals surface area contributed by atoms with E-state index in [9.17, 15) is 24.1 Å². The standard InChI is InChI=1S/C19H19FN2O7/c1-3-27-16-8-5-12(9-17(16)28-4-2)19(24)29-11-18(23)21-15-10-13(22(25)26)6-7-14(15)20/h5-10H,3-4,11H2,1-2H3,(H,21,23). The minimum absolute atomic E-state index is 0.131. The maximum atomic E-state index is 13.7. The number of non-ortho nitro benzene ring substituents is 1. The lowest BCUT2D eigenvalue weighted by Gasteiger charge is -2.12. The lowest BCUT2D eigenvalue weighted by atomic mass is 10.2. The summed E-state index contributed by atoms with van der Waals surface area (Å²) in [6.45, 7) is 3.64. The summed E-state index contributed by atoms with van der Waals surface area (Å²) in [7, 11) is 0. The molecule has 154 valence electrons. The Labute approximate surface area is 165 Å². The quantitative estimate of drug-likeness (QED) is 0.386. The predicted molar refractivity (Wildman–Crippen MR) is 101 cm³/mol. The molecular weight excluding hydrogens is 387 g/mol. The number of benzene rings is 2. The van der Waals surface area contributed by atoms with Gasteiger partial charge in [-0.1, -0.05) is 0 Å². The van der Waals surface area contributed by atoms with E-state index in [1.54, 1.807) is 19.9 Å². The van der Waals surface area contributed by atoms with Gasteiger partial charge in [-0.3, -0.25) is 14.9 Å². The summed E-state index contributed by atoms with van der Waals surface area (Å²) in [5, 5.41) is 12.9. The molecular formula is C19H19FN2O7. The van der Waals surface area contributed by atoms with Crippen LogP contribution in [0.3, 0.4) is 0 Å². The normalized spacial score (nSPS) is 10.2. The Bertz CT molecular complexity index is 917. The zero-order chi connectivity index (χ0) is 21.4. The molecule has 0 bridgehead atoms. The molecule has 10 heteroatoms. The highest BCUT2D eigenvalue weighted by Crippen LogP contribution is 2.29. The molecule has 29 heavy (non-hydrogen) atoms. The van der Waals surface area contributed by atoms with Crippen LogP contribution in [0.15, 0.2) is 36.4 Å². The van der Waals surface area contributed by atoms with Crippen LogP contribution in [-0.2, 0) is 9.53 Å². The lowest BCUT2D eigenvalue weighted by Crippen LogP contribution is -2.21. The molecule has 2 aromatic rings. The van der Waals surface area contributed by atoms with Crippen molar-refractivity contribution in [3.63, 3.8) is 0 Å². The predicted octanol–water partition coefficient (Wildman–Crippen LogP) is 3.33. The van der Waals surface area contributed by atoms with E-state index in [0.717, 1.165) is 18.2 Å². The Morgan fingerprint density at radius 1 is 1.07 bits per heavy atom. The van der Waals surface area contributed by atoms with Crippen LogP contribution in [0.4, 0.5) is 15.8 Å². The molecule has 0 radical (unpaired) electrons. The molecule has 2 rings (SSSR count). The number of carbonyl (C=O) groups is 2. The van der Waals surface area contributed by atoms with Gasteiger partial charge in [0.25, 0.3) is 11.6 Å². The van der Waals surface area contributed by atoms with Gasteiger partial charge in [-0.25, -0.2) is 9.18 Å². The molecule has 1 amide bonds. The molecule has 0 heterocycles. The van der Waals surface area contributed by atoms with Gasteiger partial charge >= 0.3 is 5.97 Å². The van der Waals surface area contributed by atoms with Crippen molar-refractivity contribution in [1.29, 1.82) is 0 Å². The molecule has 0 spiro atoms. The van der Waals surface area contributed by atoms with Crippen molar-refractivity contribution in [2.45, 2.75) is 13.8 Å². The minimum Gasteiger partial charge on any atom is -0.490 e. The second-order valence-electron chi connectivity index (χ2n) is 5.57. The number of halogens is 1. The van der Waals surface area contributed by atoms with Gasteiger partial charge in [0.15, 0.2) is 18.1 Å². The molecule has 0 atom stereocenters. The van der Waals surface area contributed by atoms with Crippen LogP contribution in [0.5, 0.6) is 11.5 Å². The van der Waals surface area contributed by atoms with Crippen molar-refractivity contribution in [3.8, 4) is 11.5 Å². The third kappa shape index (κ3) is 5.89. The topological polar surface area (TPSA) is 117 Å². The number of nitro groups is 1. The van der Waals surface area contributed by atoms with Crippen LogP contribution in [0, 0.1) is 15.9 Å². The van der Waals surface area contributed by atoms with Crippen molar-refractivity contribution in [1.82, 2.24) is 0 Å². The summed E-state index contributed by atoms with van der Waals surface area (Å²) < 4.78 is 29.4. The molecule has 1 N–H and O–H groups in total. The van der Waals surface area contributed by atoms with Gasteiger partial charge in [-0.05, 0) is 38.1 Å². The Balaban J connectivity index is 2.01. The molecule has 2 aromatic carbocycles. The van der Waals surface area contributed by atoms with Crippen molar-refractivity contribution in [3.05, 3.63) is 57.9 Å². The number of ether oxygens (including phenoxy) is 3. The average Bonchev–Trinajstić information content (AvgIpc) is 2.69. The Hall–Kier alpha value is -3.69. The molecule has 0 saturated heterocycles. The Morgan fingerprint density at radius 2 is 1.76 bits per heavy atom. The number of hydrogen-bond donors (Lipinski definition) is 1. The maximum absolute atomic E-state index is 13.7. The second-order valence-corrected chi connectivity index (χ2v) is 5.57. The summed E-state index contributed by atoms with van der Waals surface area (Å²) in [6, 6.07) is 7.12. The fourth-order valence-electron chi connectivity index (χ4n) is 2.30. The highest BCUT2D eigenvalue weighted by atomic mass is 19.1. The first-order chi connectivity index (χ1) is 13.8. The number of esters is 1. The van der Waals surface area contributed by atoms with E-state index in [2.05, 4.69) is 5.32 Å². The van der Waals surface area contributed by atoms with Gasteiger partial charge in [-0.2, -0.15) is 0 Å². The van der Waals surface area contributed by atoms with E-state index in [-0.39, 0.29) is 11.3 Å². The van der Waals surface area contributed by atoms with Gasteiger partial charge in [0.2, 0.25) is 0 Å². The lowest BCUT2D eigenvalue weighted by molar-refractivity contribution is -0.384. The van der Waals surface area contributed by atoms with Gasteiger partial charge < -0.3 is 19.5 Å². The Morgan fingerprint density at radius 3 is 2.41 bits per heavy atom. The van der Waals surface area contributed by atoms with Gasteiger partial charge in [-0.15, -0.1) is 0 Å². The van der Waals surface area contributed by atoms with Crippen molar-refractivity contribution >= 4 is 23.3 Å². The molecule has 0 aliphatic heterocycles. The Kier molecular flexibility index (Phi) is 7.47. The van der Waals surface area contributed by atoms with Crippen LogP contribution in [0.2, 0.25) is 0 Å². The fourth-order valence-corrected chi connectivity index (χ4v) is 2.30. The van der Waals surface area contributed by atoms with E-state index in [4.69, 9.17) is 14.2 Å². The summed E-state index contributed by atoms with van der Waals surface area (Å²) in [6.07, 6.45) is 0. The first kappa shape index (κ1) is 21.6. The van der Waals surface area contributed by atoms with Crippen LogP contribution in [0.25, 0.3) is 0 Å². The van der Waals surface area contributed by atoms with Crippen molar-refractivity contribution in [2.75, 3.05) is 25.1 Å². The number of carbonyl (C=O) groups excluding carboxylic acids is 2. The number of nitrogens with zero attached hydrogens (tertiary/aromatic N) is 1. The summed E-state index contributed by atoms with van der Waals surface area (Å²) in [5.74, 6) is -1.70. The van der Waals surface area contributed by atoms with E-state index in [0.29, 0.717) is 24.7 Å². The summed E-state index contributed by atoms with van der Waals surface area (Å²) >= 11 is 0. The molecule has 0 unspecified atom stereocenters. The van der Waals surface area contributed by atoms with Crippen LogP contribution in [-0.4, -0.2) is 36.6 Å². The molecule has 0 aliphatic rings. The van der Waals surface area contributed by atoms with Crippen LogP contribution < -0.4 is 14.8 Å². The summed E-state index contributed by atoms with van der Waals surface area (Å²) in [5.41, 5.74) is -0.650. The molecule has 0 aliphatic carbocycles. The number of nitro benzene ring substituents is 1. The number of hydrogen-bond acceptors (Lipinski definition) is 7. The molecule has 0 aromatic heterocycles. The number of amides is 1. The van der Waals surface area contributed by atoms with E-state index in [1.165, 1.54) is 12.1 Å². The van der Waals surface area contributed by atoms with Crippen molar-refractivity contribution < 1.29 is 33.1 Å². The number of nitrogens with one attached hydrogen (secondary N) is 1. The van der Waals surface area contributed by atoms with E-state index >= 15 is 0 Å². The first-order valence-corrected chi connectivity index (χ1v) is 8.66. The monoisotopic (exact) mass is 406 g/mol. The SMILES string of the molecule is CCOc1ccc(C(=O)OCC(=O)Nc2cc([N+](=O)[O-])ccc2F)cc1OCC. The zero-order valence-corrected chi connectivity index (χ0v) is 15.8. The van der Waals surface area contributed by atoms with Crippen LogP contribution >= 0.6 is 0 Å². The number of rotatable bonds is 9. The van der Waals surface area contributed by atoms with Gasteiger partial charge in [0.1, 0.15) is 5.82 Å². The minimum atomic E-state index is -0.858. The fraction of sp³-hybridized carbons (Fsp3) is 0.263. The number of anilines is 1. The van der Waals surface area contributed by atoms with Gasteiger partial charge in [0.05, 0.1) is 29.4 Å². The third-order valence-electron chi connectivity index (χ3n) is 3.55. The molecule has 0 fully saturated rings. The maximum Gasteiger partial charge on any atom is 0.338 e. The van der Waals surface area contributed by atoms with E-state index in [1.807, 2.05) is 0 Å². The highest BCUT2D eigenvalue weighted by Gasteiger charge is 2.16. The van der Waals surface area contributed by atoms with Crippen molar-refractivity contribution in [2.24, 2.45) is 0 Å². The first-order valence-electron chi connectivity index (χ1n) is 8.66. The smallest absolute Gasteiger partial charge is 0.338 e. The zero-order valence-electron chi connectivity index (χ0n) is 15.8. The second kappa shape index (κ2) is 10.0. The van der Waals surface area contributed by atoms with E-state index < -0.39 is 34.9 Å². The van der Waals surface area contributed by atoms with Gasteiger partial charge in [0, 0.05) is 12.1 Å². The third-order valence-corrected chi connectivity index (χ3v) is 3.55.